The highest BCUT2D eigenvalue weighted by molar-refractivity contribution is 7.92. The third-order valence-electron chi connectivity index (χ3n) is 6.01. The van der Waals surface area contributed by atoms with Gasteiger partial charge < -0.3 is 10.2 Å². The van der Waals surface area contributed by atoms with Gasteiger partial charge >= 0.3 is 0 Å². The first-order valence-corrected chi connectivity index (χ1v) is 14.8. The number of benzene rings is 2. The van der Waals surface area contributed by atoms with Gasteiger partial charge in [0.1, 0.15) is 6.04 Å². The Bertz CT molecular complexity index is 1140. The van der Waals surface area contributed by atoms with Gasteiger partial charge in [0.2, 0.25) is 21.8 Å². The van der Waals surface area contributed by atoms with Gasteiger partial charge in [0.15, 0.2) is 0 Å². The van der Waals surface area contributed by atoms with Crippen molar-refractivity contribution >= 4 is 27.5 Å². The van der Waals surface area contributed by atoms with E-state index in [1.165, 1.54) is 10.6 Å². The fraction of sp³-hybridized carbons (Fsp3) is 0.517. The Kier molecular flexibility index (Phi) is 10.7. The van der Waals surface area contributed by atoms with E-state index >= 15 is 0 Å². The lowest BCUT2D eigenvalue weighted by Crippen LogP contribution is -2.54. The first kappa shape index (κ1) is 30.4. The number of sulfonamides is 1. The number of carbonyl (C=O) groups is 2. The van der Waals surface area contributed by atoms with Gasteiger partial charge in [-0.1, -0.05) is 43.3 Å². The number of aryl methyl sites for hydroxylation is 2. The molecular weight excluding hydrogens is 486 g/mol. The summed E-state index contributed by atoms with van der Waals surface area (Å²) < 4.78 is 26.5. The smallest absolute Gasteiger partial charge is 0.243 e. The molecule has 0 spiro atoms. The van der Waals surface area contributed by atoms with E-state index in [4.69, 9.17) is 0 Å². The summed E-state index contributed by atoms with van der Waals surface area (Å²) in [7, 11) is -3.53. The number of hydrogen-bond donors (Lipinski definition) is 1. The number of hydrogen-bond acceptors (Lipinski definition) is 4. The summed E-state index contributed by atoms with van der Waals surface area (Å²) in [4.78, 5) is 28.3. The van der Waals surface area contributed by atoms with Gasteiger partial charge in [-0.25, -0.2) is 8.42 Å². The normalized spacial score (nSPS) is 12.6. The lowest BCUT2D eigenvalue weighted by molar-refractivity contribution is -0.141. The van der Waals surface area contributed by atoms with Gasteiger partial charge in [-0.2, -0.15) is 0 Å². The number of anilines is 1. The zero-order valence-corrected chi connectivity index (χ0v) is 24.2. The molecule has 0 bridgehead atoms. The second-order valence-corrected chi connectivity index (χ2v) is 12.7. The molecule has 2 aromatic carbocycles. The molecule has 2 aromatic rings. The van der Waals surface area contributed by atoms with Crippen LogP contribution in [-0.2, 0) is 26.0 Å². The van der Waals surface area contributed by atoms with Crippen LogP contribution in [0.25, 0.3) is 0 Å². The van der Waals surface area contributed by atoms with Crippen LogP contribution in [0.4, 0.5) is 5.69 Å². The van der Waals surface area contributed by atoms with Crippen molar-refractivity contribution in [3.63, 3.8) is 0 Å². The van der Waals surface area contributed by atoms with Crippen molar-refractivity contribution in [1.29, 1.82) is 0 Å². The van der Waals surface area contributed by atoms with Gasteiger partial charge in [-0.3, -0.25) is 13.9 Å². The lowest BCUT2D eigenvalue weighted by atomic mass is 10.0. The fourth-order valence-electron chi connectivity index (χ4n) is 4.45. The highest BCUT2D eigenvalue weighted by Gasteiger charge is 2.30. The van der Waals surface area contributed by atoms with Crippen LogP contribution in [0.15, 0.2) is 48.5 Å². The van der Waals surface area contributed by atoms with E-state index in [1.54, 1.807) is 4.90 Å². The molecule has 7 nitrogen and oxygen atoms in total. The largest absolute Gasteiger partial charge is 0.350 e. The van der Waals surface area contributed by atoms with Crippen molar-refractivity contribution < 1.29 is 18.0 Å². The number of rotatable bonds is 12. The summed E-state index contributed by atoms with van der Waals surface area (Å²) in [5.74, 6) is -0.329. The Morgan fingerprint density at radius 1 is 0.973 bits per heavy atom. The van der Waals surface area contributed by atoms with Crippen LogP contribution in [0.1, 0.15) is 63.6 Å². The summed E-state index contributed by atoms with van der Waals surface area (Å²) in [6.07, 6.45) is 2.79. The van der Waals surface area contributed by atoms with E-state index in [0.29, 0.717) is 31.5 Å². The number of nitrogens with one attached hydrogen (secondary N) is 1. The maximum atomic E-state index is 13.5. The van der Waals surface area contributed by atoms with Crippen molar-refractivity contribution in [2.75, 3.05) is 23.7 Å². The molecule has 0 aliphatic heterocycles. The molecule has 0 saturated carbocycles. The summed E-state index contributed by atoms with van der Waals surface area (Å²) in [5, 5.41) is 3.01. The summed E-state index contributed by atoms with van der Waals surface area (Å²) in [5.41, 5.74) is 3.22. The van der Waals surface area contributed by atoms with Gasteiger partial charge in [0.05, 0.1) is 11.9 Å². The van der Waals surface area contributed by atoms with Crippen molar-refractivity contribution in [1.82, 2.24) is 10.2 Å². The van der Waals surface area contributed by atoms with E-state index in [9.17, 15) is 18.0 Å². The summed E-state index contributed by atoms with van der Waals surface area (Å²) >= 11 is 0. The van der Waals surface area contributed by atoms with Gasteiger partial charge in [0.25, 0.3) is 0 Å². The van der Waals surface area contributed by atoms with E-state index < -0.39 is 21.6 Å². The molecule has 1 N–H and O–H groups in total. The van der Waals surface area contributed by atoms with Gasteiger partial charge in [-0.05, 0) is 82.7 Å². The number of carbonyl (C=O) groups excluding carboxylic acids is 2. The predicted molar refractivity (Wildman–Crippen MR) is 151 cm³/mol. The predicted octanol–water partition coefficient (Wildman–Crippen LogP) is 4.61. The topological polar surface area (TPSA) is 86.8 Å². The average Bonchev–Trinajstić information content (AvgIpc) is 2.77. The maximum absolute atomic E-state index is 13.5. The van der Waals surface area contributed by atoms with Crippen LogP contribution in [-0.4, -0.2) is 56.1 Å². The third-order valence-corrected chi connectivity index (χ3v) is 7.21. The number of nitrogens with zero attached hydrogens (tertiary/aromatic N) is 2. The van der Waals surface area contributed by atoms with Crippen molar-refractivity contribution in [2.24, 2.45) is 0 Å². The molecule has 0 aliphatic rings. The van der Waals surface area contributed by atoms with E-state index in [0.717, 1.165) is 16.7 Å². The van der Waals surface area contributed by atoms with Crippen LogP contribution in [0.3, 0.4) is 0 Å². The van der Waals surface area contributed by atoms with Crippen LogP contribution < -0.4 is 9.62 Å². The first-order valence-electron chi connectivity index (χ1n) is 12.9. The Morgan fingerprint density at radius 2 is 1.57 bits per heavy atom. The zero-order valence-electron chi connectivity index (χ0n) is 23.4. The molecule has 0 saturated heterocycles. The van der Waals surface area contributed by atoms with Gasteiger partial charge in [0, 0.05) is 25.0 Å². The molecule has 0 aromatic heterocycles. The highest BCUT2D eigenvalue weighted by Crippen LogP contribution is 2.22. The third kappa shape index (κ3) is 9.84. The Morgan fingerprint density at radius 3 is 2.08 bits per heavy atom. The minimum Gasteiger partial charge on any atom is -0.350 e. The van der Waals surface area contributed by atoms with Crippen LogP contribution in [0, 0.1) is 13.8 Å². The van der Waals surface area contributed by atoms with Crippen LogP contribution >= 0.6 is 0 Å². The quantitative estimate of drug-likeness (QED) is 0.435. The van der Waals surface area contributed by atoms with E-state index in [1.807, 2.05) is 90.1 Å². The van der Waals surface area contributed by atoms with Crippen molar-refractivity contribution in [2.45, 2.75) is 78.8 Å². The van der Waals surface area contributed by atoms with E-state index in [2.05, 4.69) is 5.32 Å². The molecule has 2 amide bonds. The van der Waals surface area contributed by atoms with Crippen molar-refractivity contribution in [3.8, 4) is 0 Å². The number of amides is 2. The second-order valence-electron chi connectivity index (χ2n) is 10.8. The Labute approximate surface area is 223 Å². The SMILES string of the molecule is CC[C@H](C(=O)NC(C)(C)C)N(CCc1ccccc1)C(=O)CCCN(c1cc(C)cc(C)c1)S(C)(=O)=O. The molecule has 8 heteroatoms. The molecular formula is C29H43N3O4S. The lowest BCUT2D eigenvalue weighted by Gasteiger charge is -2.33. The molecule has 0 fully saturated rings. The maximum Gasteiger partial charge on any atom is 0.243 e. The molecule has 1 atom stereocenters. The zero-order chi connectivity index (χ0) is 27.8. The van der Waals surface area contributed by atoms with Gasteiger partial charge in [-0.15, -0.1) is 0 Å². The molecule has 0 aliphatic carbocycles. The minimum absolute atomic E-state index is 0.144. The molecule has 0 heterocycles. The first-order chi connectivity index (χ1) is 17.2. The second kappa shape index (κ2) is 13.1. The standard InChI is InChI=1S/C29H43N3O4S/c1-8-26(28(34)30-29(4,5)6)31(18-16-24-13-10-9-11-14-24)27(33)15-12-17-32(37(7,35)36)25-20-22(2)19-23(3)21-25/h9-11,13-14,19-21,26H,8,12,15-18H2,1-7H3,(H,30,34)/t26-/m1/s1. The van der Waals surface area contributed by atoms with Crippen LogP contribution in [0.5, 0.6) is 0 Å². The monoisotopic (exact) mass is 529 g/mol. The highest BCUT2D eigenvalue weighted by atomic mass is 32.2. The summed E-state index contributed by atoms with van der Waals surface area (Å²) in [6, 6.07) is 14.9. The molecule has 0 unspecified atom stereocenters. The molecule has 2 rings (SSSR count). The van der Waals surface area contributed by atoms with Crippen LogP contribution in [0.2, 0.25) is 0 Å². The minimum atomic E-state index is -3.53. The Balaban J connectivity index is 2.20. The summed E-state index contributed by atoms with van der Waals surface area (Å²) in [6.45, 7) is 12.1. The van der Waals surface area contributed by atoms with E-state index in [-0.39, 0.29) is 24.8 Å². The molecule has 204 valence electrons. The molecule has 37 heavy (non-hydrogen) atoms. The fourth-order valence-corrected chi connectivity index (χ4v) is 5.40. The average molecular weight is 530 g/mol. The molecule has 0 radical (unpaired) electrons. The van der Waals surface area contributed by atoms with Crippen molar-refractivity contribution in [3.05, 3.63) is 65.2 Å². The Hall–Kier alpha value is -2.87.